The SMILES string of the molecule is CCCCCCn1c(O)c2c(c1O)C2(C(=O)OC)c1cccc(N)c1. The standard InChI is InChI=1S/C19H24N2O4/c1-3-4-5-6-10-21-16(22)14-15(17(21)23)19(14,18(24)25-2)12-8-7-9-13(20)11-12/h7-9,11,22-23H,3-6,10,20H2,1-2H3. The molecule has 0 atom stereocenters. The zero-order valence-corrected chi connectivity index (χ0v) is 14.6. The lowest BCUT2D eigenvalue weighted by atomic mass is 9.90. The van der Waals surface area contributed by atoms with E-state index < -0.39 is 11.4 Å². The van der Waals surface area contributed by atoms with Crippen LogP contribution in [-0.4, -0.2) is 27.9 Å². The monoisotopic (exact) mass is 344 g/mol. The van der Waals surface area contributed by atoms with Crippen molar-refractivity contribution in [1.82, 2.24) is 4.57 Å². The zero-order chi connectivity index (χ0) is 18.2. The number of aromatic hydroxyl groups is 2. The van der Waals surface area contributed by atoms with Gasteiger partial charge in [0, 0.05) is 23.4 Å². The maximum atomic E-state index is 12.5. The largest absolute Gasteiger partial charge is 0.494 e. The van der Waals surface area contributed by atoms with Crippen LogP contribution in [0.4, 0.5) is 5.69 Å². The van der Waals surface area contributed by atoms with Gasteiger partial charge in [-0.3, -0.25) is 9.36 Å². The van der Waals surface area contributed by atoms with E-state index in [0.29, 0.717) is 28.9 Å². The number of nitrogens with two attached hydrogens (primary N) is 1. The molecule has 6 heteroatoms. The first-order valence-electron chi connectivity index (χ1n) is 8.59. The van der Waals surface area contributed by atoms with Crippen LogP contribution in [0.25, 0.3) is 0 Å². The Balaban J connectivity index is 1.98. The molecule has 25 heavy (non-hydrogen) atoms. The van der Waals surface area contributed by atoms with Crippen LogP contribution >= 0.6 is 0 Å². The van der Waals surface area contributed by atoms with Crippen LogP contribution in [0.5, 0.6) is 11.8 Å². The predicted octanol–water partition coefficient (Wildman–Crippen LogP) is 2.88. The molecule has 0 saturated heterocycles. The van der Waals surface area contributed by atoms with E-state index in [1.165, 1.54) is 11.7 Å². The molecule has 0 unspecified atom stereocenters. The fourth-order valence-corrected chi connectivity index (χ4v) is 3.65. The van der Waals surface area contributed by atoms with Crippen LogP contribution in [0.15, 0.2) is 24.3 Å². The number of carbonyl (C=O) groups is 1. The molecule has 4 N–H and O–H groups in total. The van der Waals surface area contributed by atoms with Crippen molar-refractivity contribution in [1.29, 1.82) is 0 Å². The lowest BCUT2D eigenvalue weighted by molar-refractivity contribution is -0.143. The van der Waals surface area contributed by atoms with Crippen LogP contribution in [0, 0.1) is 0 Å². The Kier molecular flexibility index (Phi) is 4.37. The molecule has 2 aromatic rings. The van der Waals surface area contributed by atoms with E-state index in [9.17, 15) is 15.0 Å². The smallest absolute Gasteiger partial charge is 0.325 e. The molecule has 6 nitrogen and oxygen atoms in total. The summed E-state index contributed by atoms with van der Waals surface area (Å²) >= 11 is 0. The van der Waals surface area contributed by atoms with E-state index in [-0.39, 0.29) is 11.8 Å². The molecule has 1 aliphatic rings. The Hall–Kier alpha value is -2.63. The zero-order valence-electron chi connectivity index (χ0n) is 14.6. The number of anilines is 1. The van der Waals surface area contributed by atoms with E-state index in [0.717, 1.165) is 25.7 Å². The van der Waals surface area contributed by atoms with Crippen LogP contribution < -0.4 is 5.73 Å². The number of ether oxygens (including phenoxy) is 1. The molecule has 1 aromatic carbocycles. The summed E-state index contributed by atoms with van der Waals surface area (Å²) in [4.78, 5) is 12.5. The van der Waals surface area contributed by atoms with Gasteiger partial charge in [0.05, 0.1) is 7.11 Å². The molecule has 1 aliphatic carbocycles. The van der Waals surface area contributed by atoms with Gasteiger partial charge >= 0.3 is 5.97 Å². The summed E-state index contributed by atoms with van der Waals surface area (Å²) in [5.74, 6) is -0.680. The highest BCUT2D eigenvalue weighted by atomic mass is 16.5. The van der Waals surface area contributed by atoms with Gasteiger partial charge in [-0.2, -0.15) is 0 Å². The van der Waals surface area contributed by atoms with Gasteiger partial charge in [-0.15, -0.1) is 0 Å². The lowest BCUT2D eigenvalue weighted by Crippen LogP contribution is -2.26. The van der Waals surface area contributed by atoms with Crippen molar-refractivity contribution >= 4 is 11.7 Å². The summed E-state index contributed by atoms with van der Waals surface area (Å²) in [6.45, 7) is 2.64. The number of methoxy groups -OCH3 is 1. The first-order valence-corrected chi connectivity index (χ1v) is 8.59. The fraction of sp³-hybridized carbons (Fsp3) is 0.421. The number of benzene rings is 1. The van der Waals surface area contributed by atoms with Crippen LogP contribution in [0.2, 0.25) is 0 Å². The summed E-state index contributed by atoms with van der Waals surface area (Å²) in [6.07, 6.45) is 4.10. The summed E-state index contributed by atoms with van der Waals surface area (Å²) in [6, 6.07) is 6.87. The highest BCUT2D eigenvalue weighted by Crippen LogP contribution is 2.64. The first-order chi connectivity index (χ1) is 12.0. The molecule has 0 spiro atoms. The first kappa shape index (κ1) is 17.2. The number of rotatable bonds is 7. The molecule has 0 fully saturated rings. The van der Waals surface area contributed by atoms with Gasteiger partial charge in [0.25, 0.3) is 0 Å². The molecule has 0 bridgehead atoms. The molecule has 1 heterocycles. The minimum absolute atomic E-state index is 0.0724. The second-order valence-corrected chi connectivity index (χ2v) is 6.48. The Labute approximate surface area is 146 Å². The minimum Gasteiger partial charge on any atom is -0.494 e. The van der Waals surface area contributed by atoms with E-state index in [1.807, 2.05) is 0 Å². The molecule has 3 rings (SSSR count). The molecule has 0 saturated carbocycles. The van der Waals surface area contributed by atoms with Crippen molar-refractivity contribution < 1.29 is 19.7 Å². The maximum Gasteiger partial charge on any atom is 0.325 e. The van der Waals surface area contributed by atoms with Gasteiger partial charge in [-0.05, 0) is 24.1 Å². The summed E-state index contributed by atoms with van der Waals surface area (Å²) in [5.41, 5.74) is 6.52. The lowest BCUT2D eigenvalue weighted by Gasteiger charge is -2.19. The van der Waals surface area contributed by atoms with Gasteiger partial charge in [0.1, 0.15) is 0 Å². The van der Waals surface area contributed by atoms with Crippen molar-refractivity contribution in [3.05, 3.63) is 41.0 Å². The highest BCUT2D eigenvalue weighted by Gasteiger charge is 2.66. The Morgan fingerprint density at radius 1 is 1.20 bits per heavy atom. The molecular weight excluding hydrogens is 320 g/mol. The predicted molar refractivity (Wildman–Crippen MR) is 94.7 cm³/mol. The third kappa shape index (κ3) is 2.44. The van der Waals surface area contributed by atoms with Crippen LogP contribution in [0.1, 0.15) is 49.3 Å². The van der Waals surface area contributed by atoms with E-state index >= 15 is 0 Å². The number of fused-ring (bicyclic) bond motifs is 1. The molecule has 0 radical (unpaired) electrons. The third-order valence-electron chi connectivity index (χ3n) is 4.94. The molecule has 134 valence electrons. The minimum atomic E-state index is -1.25. The number of nitrogen functional groups attached to an aromatic ring is 1. The highest BCUT2D eigenvalue weighted by molar-refractivity contribution is 6.04. The van der Waals surface area contributed by atoms with Gasteiger partial charge < -0.3 is 20.7 Å². The molecule has 0 aliphatic heterocycles. The summed E-state index contributed by atoms with van der Waals surface area (Å²) in [5, 5.41) is 21.2. The van der Waals surface area contributed by atoms with Crippen molar-refractivity contribution in [2.45, 2.75) is 44.6 Å². The average molecular weight is 344 g/mol. The second kappa shape index (κ2) is 6.35. The number of carbonyl (C=O) groups excluding carboxylic acids is 1. The number of nitrogens with zero attached hydrogens (tertiary/aromatic N) is 1. The molecule has 0 amide bonds. The van der Waals surface area contributed by atoms with Gasteiger partial charge in [-0.1, -0.05) is 38.3 Å². The van der Waals surface area contributed by atoms with E-state index in [2.05, 4.69) is 6.92 Å². The van der Waals surface area contributed by atoms with Gasteiger partial charge in [-0.25, -0.2) is 0 Å². The van der Waals surface area contributed by atoms with Crippen molar-refractivity contribution in [2.75, 3.05) is 12.8 Å². The Morgan fingerprint density at radius 2 is 1.88 bits per heavy atom. The van der Waals surface area contributed by atoms with Crippen LogP contribution in [0.3, 0.4) is 0 Å². The molecular formula is C19H24N2O4. The Bertz CT molecular complexity index is 782. The molecule has 1 aromatic heterocycles. The topological polar surface area (TPSA) is 97.7 Å². The van der Waals surface area contributed by atoms with E-state index in [1.54, 1.807) is 24.3 Å². The summed E-state index contributed by atoms with van der Waals surface area (Å²) < 4.78 is 6.43. The summed E-state index contributed by atoms with van der Waals surface area (Å²) in [7, 11) is 1.29. The van der Waals surface area contributed by atoms with Crippen molar-refractivity contribution in [3.8, 4) is 11.8 Å². The van der Waals surface area contributed by atoms with Crippen LogP contribution in [-0.2, 0) is 21.5 Å². The van der Waals surface area contributed by atoms with Gasteiger partial charge in [0.15, 0.2) is 17.2 Å². The Morgan fingerprint density at radius 3 is 2.44 bits per heavy atom. The normalized spacial score (nSPS) is 14.2. The number of esters is 1. The number of hydrogen-bond donors (Lipinski definition) is 3. The van der Waals surface area contributed by atoms with Crippen molar-refractivity contribution in [3.63, 3.8) is 0 Å². The second-order valence-electron chi connectivity index (χ2n) is 6.48. The average Bonchev–Trinajstić information content (AvgIpc) is 3.24. The van der Waals surface area contributed by atoms with Gasteiger partial charge in [0.2, 0.25) is 0 Å². The third-order valence-corrected chi connectivity index (χ3v) is 4.94. The van der Waals surface area contributed by atoms with E-state index in [4.69, 9.17) is 10.5 Å². The maximum absolute atomic E-state index is 12.5. The fourth-order valence-electron chi connectivity index (χ4n) is 3.65. The number of aromatic nitrogens is 1. The quantitative estimate of drug-likeness (QED) is 0.408. The number of hydrogen-bond acceptors (Lipinski definition) is 5. The number of unbranched alkanes of at least 4 members (excludes halogenated alkanes) is 3. The van der Waals surface area contributed by atoms with Crippen molar-refractivity contribution in [2.24, 2.45) is 0 Å².